The van der Waals surface area contributed by atoms with Crippen LogP contribution in [0.15, 0.2) is 37.1 Å². The lowest BCUT2D eigenvalue weighted by atomic mass is 10.1. The van der Waals surface area contributed by atoms with E-state index in [9.17, 15) is 0 Å². The van der Waals surface area contributed by atoms with Crippen LogP contribution in [0, 0.1) is 0 Å². The van der Waals surface area contributed by atoms with Crippen molar-refractivity contribution >= 4 is 10.9 Å². The summed E-state index contributed by atoms with van der Waals surface area (Å²) in [5, 5.41) is 0. The second kappa shape index (κ2) is 10.7. The maximum Gasteiger partial charge on any atom is 0.126 e. The molecule has 0 bridgehead atoms. The van der Waals surface area contributed by atoms with Crippen molar-refractivity contribution in [1.82, 2.24) is 0 Å². The largest absolute Gasteiger partial charge is 0.466 e. The Morgan fingerprint density at radius 1 is 0.955 bits per heavy atom. The van der Waals surface area contributed by atoms with Crippen LogP contribution in [0.1, 0.15) is 32.8 Å². The molecule has 0 amide bonds. The van der Waals surface area contributed by atoms with Crippen LogP contribution in [0.4, 0.5) is 0 Å². The number of hydrogen-bond acceptors (Lipinski definition) is 4. The topological polar surface area (TPSA) is 36.9 Å². The van der Waals surface area contributed by atoms with Crippen LogP contribution in [0.2, 0.25) is 0 Å². The van der Waals surface area contributed by atoms with Crippen LogP contribution >= 0.6 is 10.9 Å². The lowest BCUT2D eigenvalue weighted by Gasteiger charge is -2.36. The average Bonchev–Trinajstić information content (AvgIpc) is 2.50. The minimum absolute atomic E-state index is 0.600. The van der Waals surface area contributed by atoms with Crippen LogP contribution in [0.3, 0.4) is 0 Å². The molecule has 1 rings (SSSR count). The molecule has 22 heavy (non-hydrogen) atoms. The van der Waals surface area contributed by atoms with Gasteiger partial charge in [0.1, 0.15) is 5.75 Å². The number of hydrogen-bond donors (Lipinski definition) is 0. The van der Waals surface area contributed by atoms with Gasteiger partial charge in [-0.15, -0.1) is 0 Å². The highest BCUT2D eigenvalue weighted by molar-refractivity contribution is 8.21. The zero-order valence-electron chi connectivity index (χ0n) is 13.9. The van der Waals surface area contributed by atoms with Crippen LogP contribution in [-0.2, 0) is 19.0 Å². The summed E-state index contributed by atoms with van der Waals surface area (Å²) in [7, 11) is -1.87. The Morgan fingerprint density at radius 2 is 1.50 bits per heavy atom. The first-order valence-electron chi connectivity index (χ1n) is 7.80. The molecule has 0 aliphatic rings. The molecule has 1 aromatic carbocycles. The van der Waals surface area contributed by atoms with Crippen LogP contribution < -0.4 is 4.74 Å². The molecule has 0 radical (unpaired) electrons. The fraction of sp³-hybridized carbons (Fsp3) is 0.529. The third kappa shape index (κ3) is 6.40. The van der Waals surface area contributed by atoms with E-state index in [0.29, 0.717) is 19.8 Å². The van der Waals surface area contributed by atoms with Crippen molar-refractivity contribution in [3.05, 3.63) is 42.7 Å². The van der Waals surface area contributed by atoms with Crippen molar-refractivity contribution in [3.8, 4) is 5.75 Å². The molecule has 0 aliphatic carbocycles. The van der Waals surface area contributed by atoms with E-state index in [-0.39, 0.29) is 0 Å². The van der Waals surface area contributed by atoms with E-state index in [1.807, 2.05) is 32.9 Å². The summed E-state index contributed by atoms with van der Waals surface area (Å²) in [6.07, 6.45) is 3.34. The fourth-order valence-electron chi connectivity index (χ4n) is 2.10. The first-order chi connectivity index (χ1) is 10.7. The lowest BCUT2D eigenvalue weighted by Crippen LogP contribution is -2.17. The molecule has 0 saturated heterocycles. The van der Waals surface area contributed by atoms with E-state index in [2.05, 4.69) is 18.7 Å². The van der Waals surface area contributed by atoms with E-state index in [0.717, 1.165) is 24.3 Å². The second-order valence-corrected chi connectivity index (χ2v) is 6.74. The van der Waals surface area contributed by atoms with Crippen molar-refractivity contribution in [1.29, 1.82) is 0 Å². The molecule has 0 saturated carbocycles. The van der Waals surface area contributed by atoms with Crippen LogP contribution in [0.25, 0.3) is 0 Å². The monoisotopic (exact) mass is 328 g/mol. The van der Waals surface area contributed by atoms with Gasteiger partial charge in [0, 0.05) is 5.75 Å². The van der Waals surface area contributed by atoms with Gasteiger partial charge in [-0.3, -0.25) is 12.5 Å². The van der Waals surface area contributed by atoms with Crippen molar-refractivity contribution in [2.45, 2.75) is 33.6 Å². The number of benzene rings is 1. The highest BCUT2D eigenvalue weighted by atomic mass is 32.3. The van der Waals surface area contributed by atoms with Gasteiger partial charge in [0.05, 0.1) is 37.0 Å². The maximum absolute atomic E-state index is 5.81. The standard InChI is InChI=1S/C17H28O4S/c1-5-18-17-13-11-16(12-14-17)10-9-15-22(19-6-2,20-7-3)21-8-4/h5,11-14H,1,6-10,15H2,2-4H3. The van der Waals surface area contributed by atoms with Gasteiger partial charge in [0.15, 0.2) is 0 Å². The molecule has 0 atom stereocenters. The van der Waals surface area contributed by atoms with Crippen LogP contribution in [0.5, 0.6) is 5.75 Å². The predicted octanol–water partition coefficient (Wildman–Crippen LogP) is 4.80. The Hall–Kier alpha value is -1.01. The molecular formula is C17H28O4S. The summed E-state index contributed by atoms with van der Waals surface area (Å²) in [4.78, 5) is 0. The molecule has 0 heterocycles. The lowest BCUT2D eigenvalue weighted by molar-refractivity contribution is 0.185. The van der Waals surface area contributed by atoms with Gasteiger partial charge in [0.25, 0.3) is 0 Å². The summed E-state index contributed by atoms with van der Waals surface area (Å²) in [5.74, 6) is 1.59. The van der Waals surface area contributed by atoms with E-state index in [1.165, 1.54) is 11.8 Å². The van der Waals surface area contributed by atoms with Gasteiger partial charge in [-0.1, -0.05) is 18.7 Å². The molecule has 0 fully saturated rings. The molecule has 0 aromatic heterocycles. The van der Waals surface area contributed by atoms with Crippen molar-refractivity contribution in [3.63, 3.8) is 0 Å². The van der Waals surface area contributed by atoms with E-state index >= 15 is 0 Å². The van der Waals surface area contributed by atoms with Gasteiger partial charge in [-0.2, -0.15) is 0 Å². The third-order valence-corrected chi connectivity index (χ3v) is 5.47. The Morgan fingerprint density at radius 3 is 1.95 bits per heavy atom. The van der Waals surface area contributed by atoms with Gasteiger partial charge < -0.3 is 4.74 Å². The van der Waals surface area contributed by atoms with Crippen molar-refractivity contribution < 1.29 is 17.3 Å². The number of rotatable bonds is 12. The minimum Gasteiger partial charge on any atom is -0.466 e. The molecule has 0 unspecified atom stereocenters. The quantitative estimate of drug-likeness (QED) is 0.516. The highest BCUT2D eigenvalue weighted by Gasteiger charge is 2.25. The molecule has 4 nitrogen and oxygen atoms in total. The Balaban J connectivity index is 2.55. The first kappa shape index (κ1) is 19.0. The van der Waals surface area contributed by atoms with E-state index in [4.69, 9.17) is 17.3 Å². The Kier molecular flexibility index (Phi) is 9.24. The molecule has 126 valence electrons. The zero-order chi connectivity index (χ0) is 16.3. The number of ether oxygens (including phenoxy) is 1. The smallest absolute Gasteiger partial charge is 0.126 e. The molecule has 0 N–H and O–H groups in total. The Labute approximate surface area is 136 Å². The fourth-order valence-corrected chi connectivity index (χ4v) is 4.23. The van der Waals surface area contributed by atoms with Crippen molar-refractivity contribution in [2.75, 3.05) is 25.6 Å². The zero-order valence-corrected chi connectivity index (χ0v) is 14.7. The van der Waals surface area contributed by atoms with Crippen molar-refractivity contribution in [2.24, 2.45) is 0 Å². The van der Waals surface area contributed by atoms with Gasteiger partial charge in [-0.05, 0) is 51.3 Å². The Bertz CT molecular complexity index is 402. The molecule has 0 aliphatic heterocycles. The summed E-state index contributed by atoms with van der Waals surface area (Å²) in [6, 6.07) is 8.03. The van der Waals surface area contributed by atoms with Gasteiger partial charge in [-0.25, -0.2) is 0 Å². The summed E-state index contributed by atoms with van der Waals surface area (Å²) < 4.78 is 22.6. The maximum atomic E-state index is 5.81. The van der Waals surface area contributed by atoms with E-state index < -0.39 is 10.9 Å². The van der Waals surface area contributed by atoms with E-state index in [1.54, 1.807) is 0 Å². The molecule has 0 spiro atoms. The number of aryl methyl sites for hydroxylation is 1. The first-order valence-corrected chi connectivity index (χ1v) is 9.38. The molecule has 1 aromatic rings. The SMILES string of the molecule is C=COc1ccc(CCCS(OCC)(OCC)OCC)cc1. The highest BCUT2D eigenvalue weighted by Crippen LogP contribution is 2.52. The summed E-state index contributed by atoms with van der Waals surface area (Å²) in [6.45, 7) is 11.3. The molecular weight excluding hydrogens is 300 g/mol. The third-order valence-electron chi connectivity index (χ3n) is 2.89. The predicted molar refractivity (Wildman–Crippen MR) is 92.9 cm³/mol. The average molecular weight is 328 g/mol. The van der Waals surface area contributed by atoms with Crippen LogP contribution in [-0.4, -0.2) is 25.6 Å². The minimum atomic E-state index is -1.87. The summed E-state index contributed by atoms with van der Waals surface area (Å²) >= 11 is 0. The normalized spacial score (nSPS) is 12.1. The van der Waals surface area contributed by atoms with Gasteiger partial charge >= 0.3 is 0 Å². The van der Waals surface area contributed by atoms with Gasteiger partial charge in [0.2, 0.25) is 0 Å². The summed E-state index contributed by atoms with van der Waals surface area (Å²) in [5.41, 5.74) is 1.26. The second-order valence-electron chi connectivity index (χ2n) is 4.51. The molecule has 5 heteroatoms.